The van der Waals surface area contributed by atoms with Gasteiger partial charge in [0.25, 0.3) is 0 Å². The number of hydrogen-bond acceptors (Lipinski definition) is 9. The van der Waals surface area contributed by atoms with Gasteiger partial charge in [0.2, 0.25) is 0 Å². The van der Waals surface area contributed by atoms with Crippen LogP contribution in [0.2, 0.25) is 0 Å². The van der Waals surface area contributed by atoms with Crippen molar-refractivity contribution in [3.63, 3.8) is 0 Å². The lowest BCUT2D eigenvalue weighted by molar-refractivity contribution is -0.111. The lowest BCUT2D eigenvalue weighted by atomic mass is 10.1. The maximum atomic E-state index is 12.7. The minimum Gasteiger partial charge on any atom is -0.379 e. The second kappa shape index (κ2) is 12.9. The number of aldehydes is 2. The first-order valence-electron chi connectivity index (χ1n) is 12.0. The monoisotopic (exact) mass is 593 g/mol. The summed E-state index contributed by atoms with van der Waals surface area (Å²) in [7, 11) is -4.58. The number of nitrogens with zero attached hydrogens (tertiary/aromatic N) is 5. The summed E-state index contributed by atoms with van der Waals surface area (Å²) in [5.74, 6) is 0. The number of ether oxygens (including phenoxy) is 2. The number of rotatable bonds is 7. The van der Waals surface area contributed by atoms with Crippen molar-refractivity contribution in [3.8, 4) is 6.19 Å². The van der Waals surface area contributed by atoms with Gasteiger partial charge in [0.1, 0.15) is 23.5 Å². The molecule has 222 valence electrons. The quantitative estimate of drug-likeness (QED) is 0.255. The summed E-state index contributed by atoms with van der Waals surface area (Å²) in [6.45, 7) is 3.37. The molecule has 0 amide bonds. The number of halogens is 5. The lowest BCUT2D eigenvalue weighted by Gasteiger charge is -2.40. The van der Waals surface area contributed by atoms with Crippen molar-refractivity contribution < 1.29 is 38.5 Å². The van der Waals surface area contributed by atoms with E-state index in [0.717, 1.165) is 38.3 Å². The first kappa shape index (κ1) is 32.9. The summed E-state index contributed by atoms with van der Waals surface area (Å²) in [4.78, 5) is 28.5. The van der Waals surface area contributed by atoms with E-state index in [9.17, 15) is 29.0 Å². The SMILES string of the molecule is CN(c1ccc(S(F)(F)(F)(F)F)cc1)C(C=O)c1cccnc1.CN1CCOC1.COC1CC(C=O)N(C#N)C1. The zero-order valence-corrected chi connectivity index (χ0v) is 23.0. The molecule has 2 saturated heterocycles. The van der Waals surface area contributed by atoms with E-state index >= 15 is 0 Å². The first-order valence-corrected chi connectivity index (χ1v) is 13.9. The number of carbonyl (C=O) groups excluding carboxylic acids is 2. The van der Waals surface area contributed by atoms with Gasteiger partial charge in [-0.05, 0) is 42.9 Å². The van der Waals surface area contributed by atoms with Crippen molar-refractivity contribution in [2.24, 2.45) is 0 Å². The number of aromatic nitrogens is 1. The van der Waals surface area contributed by atoms with Crippen molar-refractivity contribution in [1.29, 1.82) is 5.26 Å². The third kappa shape index (κ3) is 9.70. The molecule has 1 aromatic heterocycles. The smallest absolute Gasteiger partial charge is 0.310 e. The van der Waals surface area contributed by atoms with Crippen LogP contribution in [0.1, 0.15) is 18.0 Å². The van der Waals surface area contributed by atoms with Gasteiger partial charge in [-0.1, -0.05) is 25.5 Å². The van der Waals surface area contributed by atoms with E-state index < -0.39 is 21.2 Å². The predicted octanol–water partition coefficient (Wildman–Crippen LogP) is 4.78. The van der Waals surface area contributed by atoms with Gasteiger partial charge in [0.15, 0.2) is 6.19 Å². The number of nitriles is 1. The summed E-state index contributed by atoms with van der Waals surface area (Å²) in [6.07, 6.45) is 6.95. The fraction of sp³-hybridized carbons (Fsp3) is 0.440. The minimum atomic E-state index is -9.70. The summed E-state index contributed by atoms with van der Waals surface area (Å²) in [5, 5.41) is 8.54. The van der Waals surface area contributed by atoms with Gasteiger partial charge in [0.05, 0.1) is 32.0 Å². The molecular formula is C25H32F5N5O4S. The molecular weight excluding hydrogens is 561 g/mol. The average Bonchev–Trinajstić information content (AvgIpc) is 3.57. The van der Waals surface area contributed by atoms with E-state index in [4.69, 9.17) is 14.7 Å². The van der Waals surface area contributed by atoms with Crippen LogP contribution in [-0.2, 0) is 19.1 Å². The van der Waals surface area contributed by atoms with Gasteiger partial charge in [-0.2, -0.15) is 5.26 Å². The maximum absolute atomic E-state index is 12.7. The lowest BCUT2D eigenvalue weighted by Crippen LogP contribution is -2.25. The normalized spacial score (nSPS) is 21.3. The van der Waals surface area contributed by atoms with Crippen molar-refractivity contribution in [3.05, 3.63) is 54.4 Å². The molecule has 2 aliphatic rings. The molecule has 3 heterocycles. The number of anilines is 1. The molecule has 0 saturated carbocycles. The molecule has 15 heteroatoms. The van der Waals surface area contributed by atoms with Gasteiger partial charge in [-0.15, -0.1) is 0 Å². The van der Waals surface area contributed by atoms with E-state index in [0.29, 0.717) is 36.9 Å². The highest BCUT2D eigenvalue weighted by Gasteiger charge is 2.65. The van der Waals surface area contributed by atoms with Crippen molar-refractivity contribution in [2.45, 2.75) is 29.5 Å². The summed E-state index contributed by atoms with van der Waals surface area (Å²) >= 11 is 0. The highest BCUT2D eigenvalue weighted by molar-refractivity contribution is 8.45. The number of pyridine rings is 1. The average molecular weight is 594 g/mol. The third-order valence-corrected chi connectivity index (χ3v) is 7.28. The molecule has 3 unspecified atom stereocenters. The Bertz CT molecular complexity index is 1150. The molecule has 1 aromatic carbocycles. The highest BCUT2D eigenvalue weighted by atomic mass is 32.5. The summed E-state index contributed by atoms with van der Waals surface area (Å²) in [6, 6.07) is 4.61. The van der Waals surface area contributed by atoms with E-state index in [1.807, 2.05) is 13.2 Å². The molecule has 40 heavy (non-hydrogen) atoms. The standard InChI is InChI=1S/C14H13F5N2OS.C7H10N2O2.C4H9NO/c1-21(14(10-22)11-3-2-8-20-9-11)12-4-6-13(7-5-12)23(15,16,17,18)19;1-11-7-2-6(4-10)9(3-7)5-8;1-5-2-3-6-4-5/h2-10,14H,1H3;4,6-7H,2-3H2,1H3;2-4H2,1H3. The molecule has 0 N–H and O–H groups in total. The second-order valence-corrected chi connectivity index (χ2v) is 11.5. The summed E-state index contributed by atoms with van der Waals surface area (Å²) < 4.78 is 73.5. The van der Waals surface area contributed by atoms with Gasteiger partial charge < -0.3 is 24.0 Å². The number of likely N-dealkylation sites (tertiary alicyclic amines) is 1. The van der Waals surface area contributed by atoms with Crippen LogP contribution < -0.4 is 4.90 Å². The number of likely N-dealkylation sites (N-methyl/N-ethyl adjacent to an activating group) is 2. The Labute approximate surface area is 229 Å². The molecule has 0 bridgehead atoms. The number of methoxy groups -OCH3 is 1. The molecule has 0 aliphatic carbocycles. The van der Waals surface area contributed by atoms with E-state index in [-0.39, 0.29) is 17.8 Å². The van der Waals surface area contributed by atoms with Gasteiger partial charge in [0, 0.05) is 45.2 Å². The number of benzene rings is 1. The van der Waals surface area contributed by atoms with Crippen molar-refractivity contribution in [1.82, 2.24) is 14.8 Å². The Hall–Kier alpha value is -3.32. The largest absolute Gasteiger partial charge is 0.379 e. The molecule has 4 rings (SSSR count). The molecule has 2 aromatic rings. The van der Waals surface area contributed by atoms with E-state index in [1.54, 1.807) is 19.2 Å². The fourth-order valence-corrected chi connectivity index (χ4v) is 4.44. The minimum absolute atomic E-state index is 0.0323. The number of hydrogen-bond donors (Lipinski definition) is 0. The van der Waals surface area contributed by atoms with Crippen LogP contribution in [0.5, 0.6) is 0 Å². The van der Waals surface area contributed by atoms with Crippen LogP contribution in [0, 0.1) is 11.5 Å². The first-order chi connectivity index (χ1) is 18.6. The fourth-order valence-electron chi connectivity index (χ4n) is 3.79. The predicted molar refractivity (Wildman–Crippen MR) is 140 cm³/mol. The zero-order valence-electron chi connectivity index (χ0n) is 22.2. The van der Waals surface area contributed by atoms with Crippen LogP contribution in [0.25, 0.3) is 0 Å². The Morgan fingerprint density at radius 1 is 1.20 bits per heavy atom. The summed E-state index contributed by atoms with van der Waals surface area (Å²) in [5.41, 5.74) is 0.721. The van der Waals surface area contributed by atoms with Crippen LogP contribution in [0.4, 0.5) is 25.1 Å². The Balaban J connectivity index is 0.000000269. The maximum Gasteiger partial charge on any atom is 0.310 e. The van der Waals surface area contributed by atoms with Crippen LogP contribution >= 0.6 is 10.2 Å². The third-order valence-electron chi connectivity index (χ3n) is 6.11. The molecule has 2 fully saturated rings. The second-order valence-electron chi connectivity index (χ2n) is 9.11. The van der Waals surface area contributed by atoms with E-state index in [1.165, 1.54) is 29.2 Å². The van der Waals surface area contributed by atoms with Crippen LogP contribution in [-0.4, -0.2) is 87.1 Å². The van der Waals surface area contributed by atoms with Gasteiger partial charge in [-0.3, -0.25) is 14.8 Å². The van der Waals surface area contributed by atoms with Crippen LogP contribution in [0.3, 0.4) is 0 Å². The zero-order chi connectivity index (χ0) is 30.0. The van der Waals surface area contributed by atoms with Gasteiger partial charge >= 0.3 is 10.2 Å². The molecule has 9 nitrogen and oxygen atoms in total. The van der Waals surface area contributed by atoms with Crippen molar-refractivity contribution >= 4 is 28.5 Å². The topological polar surface area (TPSA) is 99.0 Å². The van der Waals surface area contributed by atoms with Crippen LogP contribution in [0.15, 0.2) is 53.7 Å². The Kier molecular flexibility index (Phi) is 10.6. The highest BCUT2D eigenvalue weighted by Crippen LogP contribution is 3.02. The molecule has 2 aliphatic heterocycles. The molecule has 3 atom stereocenters. The molecule has 0 spiro atoms. The van der Waals surface area contributed by atoms with Crippen molar-refractivity contribution in [2.75, 3.05) is 52.5 Å². The molecule has 0 radical (unpaired) electrons. The van der Waals surface area contributed by atoms with Gasteiger partial charge in [-0.25, -0.2) is 0 Å². The Morgan fingerprint density at radius 2 is 1.88 bits per heavy atom. The Morgan fingerprint density at radius 3 is 2.25 bits per heavy atom. The number of carbonyl (C=O) groups is 2. The van der Waals surface area contributed by atoms with E-state index in [2.05, 4.69) is 9.88 Å².